The highest BCUT2D eigenvalue weighted by molar-refractivity contribution is 9.11. The molecule has 10 nitrogen and oxygen atoms in total. The van der Waals surface area contributed by atoms with Gasteiger partial charge in [0.25, 0.3) is 0 Å². The predicted molar refractivity (Wildman–Crippen MR) is 109 cm³/mol. The summed E-state index contributed by atoms with van der Waals surface area (Å²) in [4.78, 5) is 4.15. The standard InChI is InChI=1S/C15H8Br2FNO9S2/c1-2-7-10(16)14(28-30(23,24)25)11(17)12-13(7)26-15(19-12)6-3-4-9(8(18)5-6)27-29(20,21)22/h2-5H,1H2,(H,20,21,22)(H,23,24,25). The molecule has 0 bridgehead atoms. The minimum atomic E-state index is -4.92. The van der Waals surface area contributed by atoms with E-state index in [1.807, 2.05) is 0 Å². The van der Waals surface area contributed by atoms with Crippen molar-refractivity contribution in [3.8, 4) is 23.0 Å². The zero-order chi connectivity index (χ0) is 22.4. The van der Waals surface area contributed by atoms with Crippen molar-refractivity contribution in [2.45, 2.75) is 0 Å². The molecule has 0 saturated carbocycles. The van der Waals surface area contributed by atoms with Crippen LogP contribution in [0.2, 0.25) is 0 Å². The number of halogens is 3. The number of aromatic nitrogens is 1. The number of benzene rings is 2. The maximum atomic E-state index is 14.1. The molecule has 0 radical (unpaired) electrons. The van der Waals surface area contributed by atoms with Crippen LogP contribution in [0.15, 0.2) is 38.1 Å². The van der Waals surface area contributed by atoms with E-state index >= 15 is 0 Å². The van der Waals surface area contributed by atoms with E-state index in [0.29, 0.717) is 0 Å². The van der Waals surface area contributed by atoms with Gasteiger partial charge in [-0.25, -0.2) is 9.37 Å². The van der Waals surface area contributed by atoms with Gasteiger partial charge in [-0.2, -0.15) is 16.8 Å². The van der Waals surface area contributed by atoms with Crippen molar-refractivity contribution in [3.63, 3.8) is 0 Å². The van der Waals surface area contributed by atoms with Crippen LogP contribution in [0.4, 0.5) is 4.39 Å². The fourth-order valence-electron chi connectivity index (χ4n) is 2.38. The Morgan fingerprint density at radius 2 is 1.73 bits per heavy atom. The van der Waals surface area contributed by atoms with Crippen molar-refractivity contribution in [1.29, 1.82) is 0 Å². The molecule has 0 aliphatic carbocycles. The first-order chi connectivity index (χ1) is 13.8. The molecule has 0 amide bonds. The van der Waals surface area contributed by atoms with Crippen LogP contribution in [0.25, 0.3) is 28.6 Å². The molecule has 0 aliphatic rings. The van der Waals surface area contributed by atoms with Gasteiger partial charge < -0.3 is 12.8 Å². The molecular formula is C15H8Br2FNO9S2. The molecule has 0 atom stereocenters. The molecule has 1 aromatic heterocycles. The third-order valence-electron chi connectivity index (χ3n) is 3.48. The van der Waals surface area contributed by atoms with Crippen molar-refractivity contribution in [2.24, 2.45) is 0 Å². The molecule has 0 fully saturated rings. The number of hydrogen-bond donors (Lipinski definition) is 2. The smallest absolute Gasteiger partial charge is 0.435 e. The Balaban J connectivity index is 2.19. The Bertz CT molecular complexity index is 1400. The maximum Gasteiger partial charge on any atom is 0.446 e. The quantitative estimate of drug-likeness (QED) is 0.401. The highest BCUT2D eigenvalue weighted by Gasteiger charge is 2.25. The van der Waals surface area contributed by atoms with Crippen molar-refractivity contribution in [1.82, 2.24) is 4.98 Å². The molecular weight excluding hydrogens is 581 g/mol. The zero-order valence-corrected chi connectivity index (χ0v) is 19.0. The van der Waals surface area contributed by atoms with E-state index in [2.05, 4.69) is 51.8 Å². The molecule has 30 heavy (non-hydrogen) atoms. The molecule has 2 N–H and O–H groups in total. The number of fused-ring (bicyclic) bond motifs is 1. The van der Waals surface area contributed by atoms with Gasteiger partial charge in [0.15, 0.2) is 22.9 Å². The lowest BCUT2D eigenvalue weighted by Crippen LogP contribution is -2.08. The topological polar surface area (TPSA) is 153 Å². The van der Waals surface area contributed by atoms with Crippen LogP contribution >= 0.6 is 31.9 Å². The van der Waals surface area contributed by atoms with E-state index in [4.69, 9.17) is 13.5 Å². The summed E-state index contributed by atoms with van der Waals surface area (Å²) in [6.07, 6.45) is 1.30. The van der Waals surface area contributed by atoms with E-state index < -0.39 is 32.4 Å². The van der Waals surface area contributed by atoms with Crippen molar-refractivity contribution < 1.29 is 43.1 Å². The van der Waals surface area contributed by atoms with Crippen molar-refractivity contribution in [3.05, 3.63) is 45.1 Å². The zero-order valence-electron chi connectivity index (χ0n) is 14.2. The SMILES string of the molecule is C=Cc1c(Br)c(OS(=O)(=O)O)c(Br)c2nc(-c3ccc(OS(=O)(=O)O)c(F)c3)oc12. The molecule has 1 heterocycles. The van der Waals surface area contributed by atoms with Crippen molar-refractivity contribution in [2.75, 3.05) is 0 Å². The van der Waals surface area contributed by atoms with Crippen LogP contribution in [0, 0.1) is 5.82 Å². The van der Waals surface area contributed by atoms with Gasteiger partial charge in [0.2, 0.25) is 5.89 Å². The van der Waals surface area contributed by atoms with E-state index in [1.165, 1.54) is 12.1 Å². The molecule has 0 aliphatic heterocycles. The lowest BCUT2D eigenvalue weighted by Gasteiger charge is -2.09. The summed E-state index contributed by atoms with van der Waals surface area (Å²) in [6.45, 7) is 3.59. The molecule has 0 spiro atoms. The number of nitrogens with zero attached hydrogens (tertiary/aromatic N) is 1. The van der Waals surface area contributed by atoms with Gasteiger partial charge in [0, 0.05) is 11.1 Å². The number of rotatable bonds is 6. The van der Waals surface area contributed by atoms with Gasteiger partial charge in [-0.3, -0.25) is 9.11 Å². The van der Waals surface area contributed by atoms with Crippen LogP contribution in [0.3, 0.4) is 0 Å². The van der Waals surface area contributed by atoms with Gasteiger partial charge in [-0.15, -0.1) is 0 Å². The molecule has 0 unspecified atom stereocenters. The summed E-state index contributed by atoms with van der Waals surface area (Å²) in [5, 5.41) is 0. The van der Waals surface area contributed by atoms with E-state index in [0.717, 1.165) is 12.1 Å². The van der Waals surface area contributed by atoms with Crippen LogP contribution in [-0.2, 0) is 20.8 Å². The van der Waals surface area contributed by atoms with Gasteiger partial charge in [0.05, 0.1) is 8.95 Å². The third kappa shape index (κ3) is 4.65. The average molecular weight is 589 g/mol. The van der Waals surface area contributed by atoms with E-state index in [9.17, 15) is 21.2 Å². The Hall–Kier alpha value is -2.04. The highest BCUT2D eigenvalue weighted by Crippen LogP contribution is 2.45. The van der Waals surface area contributed by atoms with Crippen LogP contribution in [0.5, 0.6) is 11.5 Å². The molecule has 160 valence electrons. The van der Waals surface area contributed by atoms with Gasteiger partial charge >= 0.3 is 20.8 Å². The molecule has 3 aromatic rings. The molecule has 2 aromatic carbocycles. The molecule has 0 saturated heterocycles. The number of hydrogen-bond acceptors (Lipinski definition) is 8. The summed E-state index contributed by atoms with van der Waals surface area (Å²) < 4.78 is 89.9. The second-order valence-corrected chi connectivity index (χ2v) is 9.07. The monoisotopic (exact) mass is 587 g/mol. The minimum absolute atomic E-state index is 0.00519. The second-order valence-electron chi connectivity index (χ2n) is 5.44. The Morgan fingerprint density at radius 1 is 1.10 bits per heavy atom. The minimum Gasteiger partial charge on any atom is -0.435 e. The van der Waals surface area contributed by atoms with E-state index in [-0.39, 0.29) is 42.8 Å². The van der Waals surface area contributed by atoms with Gasteiger partial charge in [-0.05, 0) is 50.1 Å². The van der Waals surface area contributed by atoms with Crippen molar-refractivity contribution >= 4 is 69.8 Å². The maximum absolute atomic E-state index is 14.1. The fraction of sp³-hybridized carbons (Fsp3) is 0. The first-order valence-electron chi connectivity index (χ1n) is 7.38. The fourth-order valence-corrected chi connectivity index (χ4v) is 4.77. The summed E-state index contributed by atoms with van der Waals surface area (Å²) in [7, 11) is -9.79. The summed E-state index contributed by atoms with van der Waals surface area (Å²) >= 11 is 6.25. The van der Waals surface area contributed by atoms with Gasteiger partial charge in [-0.1, -0.05) is 12.7 Å². The second kappa shape index (κ2) is 7.90. The Labute approximate surface area is 185 Å². The first kappa shape index (κ1) is 22.6. The van der Waals surface area contributed by atoms with Crippen LogP contribution in [0.1, 0.15) is 5.56 Å². The largest absolute Gasteiger partial charge is 0.446 e. The Morgan fingerprint density at radius 3 is 2.27 bits per heavy atom. The predicted octanol–water partition coefficient (Wildman–Crippen LogP) is 4.17. The molecule has 3 rings (SSSR count). The lowest BCUT2D eigenvalue weighted by molar-refractivity contribution is 0.376. The summed E-state index contributed by atoms with van der Waals surface area (Å²) in [6, 6.07) is 2.98. The summed E-state index contributed by atoms with van der Waals surface area (Å²) in [5.74, 6) is -2.35. The average Bonchev–Trinajstić information content (AvgIpc) is 3.04. The first-order valence-corrected chi connectivity index (χ1v) is 11.7. The van der Waals surface area contributed by atoms with E-state index in [1.54, 1.807) is 0 Å². The normalized spacial score (nSPS) is 12.2. The number of oxazole rings is 1. The highest BCUT2D eigenvalue weighted by atomic mass is 79.9. The Kier molecular flexibility index (Phi) is 5.96. The van der Waals surface area contributed by atoms with Crippen LogP contribution in [-0.4, -0.2) is 30.9 Å². The third-order valence-corrected chi connectivity index (χ3v) is 5.77. The summed E-state index contributed by atoms with van der Waals surface area (Å²) in [5.41, 5.74) is 0.444. The van der Waals surface area contributed by atoms with Crippen LogP contribution < -0.4 is 8.37 Å². The lowest BCUT2D eigenvalue weighted by atomic mass is 10.2. The van der Waals surface area contributed by atoms with Gasteiger partial charge in [0.1, 0.15) is 5.52 Å². The molecule has 15 heteroatoms.